The molecule has 0 atom stereocenters. The van der Waals surface area contributed by atoms with Crippen LogP contribution in [0.1, 0.15) is 31.5 Å². The summed E-state index contributed by atoms with van der Waals surface area (Å²) in [6, 6.07) is 1.75. The van der Waals surface area contributed by atoms with Gasteiger partial charge in [-0.25, -0.2) is 9.97 Å². The lowest BCUT2D eigenvalue weighted by atomic mass is 10.4. The molecule has 0 aliphatic heterocycles. The van der Waals surface area contributed by atoms with Gasteiger partial charge >= 0.3 is 0 Å². The molecule has 1 aromatic heterocycles. The summed E-state index contributed by atoms with van der Waals surface area (Å²) in [7, 11) is 0. The number of hydrogen-bond acceptors (Lipinski definition) is 4. The molecule has 1 aromatic rings. The van der Waals surface area contributed by atoms with E-state index in [1.807, 2.05) is 6.92 Å². The van der Waals surface area contributed by atoms with Gasteiger partial charge in [0.15, 0.2) is 0 Å². The number of nitrogens with one attached hydrogen (secondary N) is 1. The summed E-state index contributed by atoms with van der Waals surface area (Å²) in [5.41, 5.74) is 0. The predicted octanol–water partition coefficient (Wildman–Crippen LogP) is 2.46. The van der Waals surface area contributed by atoms with Gasteiger partial charge in [-0.15, -0.1) is 0 Å². The van der Waals surface area contributed by atoms with Gasteiger partial charge in [0.25, 0.3) is 0 Å². The first-order valence-electron chi connectivity index (χ1n) is 5.65. The minimum atomic E-state index is 0.510. The summed E-state index contributed by atoms with van der Waals surface area (Å²) in [4.78, 5) is 8.65. The highest BCUT2D eigenvalue weighted by molar-refractivity contribution is 6.29. The Bertz CT molecular complexity index is 355. The van der Waals surface area contributed by atoms with Crippen molar-refractivity contribution in [2.75, 3.05) is 25.1 Å². The molecule has 1 aliphatic carbocycles. The number of anilines is 1. The second-order valence-electron chi connectivity index (χ2n) is 3.83. The molecule has 0 saturated heterocycles. The van der Waals surface area contributed by atoms with Crippen molar-refractivity contribution < 1.29 is 4.74 Å². The van der Waals surface area contributed by atoms with Crippen LogP contribution in [0.4, 0.5) is 5.82 Å². The zero-order valence-electron chi connectivity index (χ0n) is 9.37. The molecule has 88 valence electrons. The van der Waals surface area contributed by atoms with Crippen LogP contribution in [0.3, 0.4) is 0 Å². The smallest absolute Gasteiger partial charge is 0.135 e. The van der Waals surface area contributed by atoms with Gasteiger partial charge in [0.1, 0.15) is 16.8 Å². The van der Waals surface area contributed by atoms with Crippen LogP contribution < -0.4 is 5.32 Å². The first kappa shape index (κ1) is 11.6. The fourth-order valence-electron chi connectivity index (χ4n) is 1.45. The maximum atomic E-state index is 5.94. The number of aromatic nitrogens is 2. The maximum Gasteiger partial charge on any atom is 0.135 e. The van der Waals surface area contributed by atoms with Gasteiger partial charge in [0.2, 0.25) is 0 Å². The maximum absolute atomic E-state index is 5.94. The predicted molar refractivity (Wildman–Crippen MR) is 64.0 cm³/mol. The molecule has 1 fully saturated rings. The van der Waals surface area contributed by atoms with Gasteiger partial charge in [0.05, 0.1) is 6.61 Å². The van der Waals surface area contributed by atoms with Crippen molar-refractivity contribution in [3.05, 3.63) is 17.0 Å². The molecular formula is C11H16ClN3O. The summed E-state index contributed by atoms with van der Waals surface area (Å²) in [6.45, 7) is 4.13. The monoisotopic (exact) mass is 241 g/mol. The molecule has 2 rings (SSSR count). The number of rotatable bonds is 6. The van der Waals surface area contributed by atoms with Crippen molar-refractivity contribution in [3.63, 3.8) is 0 Å². The quantitative estimate of drug-likeness (QED) is 0.614. The van der Waals surface area contributed by atoms with Crippen LogP contribution in [0.25, 0.3) is 0 Å². The van der Waals surface area contributed by atoms with E-state index in [0.717, 1.165) is 24.8 Å². The second kappa shape index (κ2) is 5.46. The van der Waals surface area contributed by atoms with Crippen molar-refractivity contribution in [2.45, 2.75) is 25.7 Å². The molecule has 0 amide bonds. The van der Waals surface area contributed by atoms with Crippen molar-refractivity contribution in [1.29, 1.82) is 0 Å². The van der Waals surface area contributed by atoms with Gasteiger partial charge in [-0.05, 0) is 19.8 Å². The Balaban J connectivity index is 1.92. The highest BCUT2D eigenvalue weighted by Gasteiger charge is 2.27. The minimum Gasteiger partial charge on any atom is -0.380 e. The van der Waals surface area contributed by atoms with E-state index in [1.54, 1.807) is 6.07 Å². The molecule has 4 nitrogen and oxygen atoms in total. The van der Waals surface area contributed by atoms with Crippen LogP contribution in [-0.2, 0) is 4.74 Å². The van der Waals surface area contributed by atoms with E-state index < -0.39 is 0 Å². The van der Waals surface area contributed by atoms with Crippen molar-refractivity contribution in [2.24, 2.45) is 0 Å². The number of halogens is 1. The normalized spacial score (nSPS) is 15.1. The molecule has 5 heteroatoms. The highest BCUT2D eigenvalue weighted by atomic mass is 35.5. The van der Waals surface area contributed by atoms with Gasteiger partial charge < -0.3 is 10.1 Å². The van der Waals surface area contributed by atoms with E-state index in [2.05, 4.69) is 15.3 Å². The molecule has 1 saturated carbocycles. The third kappa shape index (κ3) is 3.32. The molecule has 0 radical (unpaired) electrons. The first-order valence-corrected chi connectivity index (χ1v) is 6.03. The Hall–Kier alpha value is -0.870. The lowest BCUT2D eigenvalue weighted by Gasteiger charge is -2.07. The van der Waals surface area contributed by atoms with Crippen molar-refractivity contribution in [3.8, 4) is 0 Å². The van der Waals surface area contributed by atoms with Gasteiger partial charge in [-0.3, -0.25) is 0 Å². The van der Waals surface area contributed by atoms with E-state index in [-0.39, 0.29) is 0 Å². The van der Waals surface area contributed by atoms with E-state index in [4.69, 9.17) is 16.3 Å². The zero-order valence-corrected chi connectivity index (χ0v) is 10.1. The largest absolute Gasteiger partial charge is 0.380 e. The average molecular weight is 242 g/mol. The minimum absolute atomic E-state index is 0.510. The highest BCUT2D eigenvalue weighted by Crippen LogP contribution is 2.38. The molecule has 0 unspecified atom stereocenters. The Kier molecular flexibility index (Phi) is 3.96. The molecule has 1 N–H and O–H groups in total. The number of hydrogen-bond donors (Lipinski definition) is 1. The molecule has 0 bridgehead atoms. The molecule has 0 spiro atoms. The SMILES string of the molecule is CCOCCNc1cc(Cl)nc(C2CC2)n1. The topological polar surface area (TPSA) is 47.0 Å². The molecule has 1 heterocycles. The van der Waals surface area contributed by atoms with E-state index in [9.17, 15) is 0 Å². The Morgan fingerprint density at radius 2 is 2.31 bits per heavy atom. The standard InChI is InChI=1S/C11H16ClN3O/c1-2-16-6-5-13-10-7-9(12)14-11(15-10)8-3-4-8/h7-8H,2-6H2,1H3,(H,13,14,15). The van der Waals surface area contributed by atoms with Gasteiger partial charge in [-0.1, -0.05) is 11.6 Å². The van der Waals surface area contributed by atoms with E-state index in [0.29, 0.717) is 17.7 Å². The van der Waals surface area contributed by atoms with Crippen LogP contribution in [0.5, 0.6) is 0 Å². The zero-order chi connectivity index (χ0) is 11.4. The summed E-state index contributed by atoms with van der Waals surface area (Å²) in [5, 5.41) is 3.69. The lowest BCUT2D eigenvalue weighted by Crippen LogP contribution is -2.11. The van der Waals surface area contributed by atoms with E-state index >= 15 is 0 Å². The van der Waals surface area contributed by atoms with Crippen LogP contribution in [0.2, 0.25) is 5.15 Å². The Labute approximate surface area is 100 Å². The van der Waals surface area contributed by atoms with Crippen molar-refractivity contribution in [1.82, 2.24) is 9.97 Å². The summed E-state index contributed by atoms with van der Waals surface area (Å²) in [6.07, 6.45) is 2.36. The molecule has 16 heavy (non-hydrogen) atoms. The number of ether oxygens (including phenoxy) is 1. The third-order valence-electron chi connectivity index (χ3n) is 2.41. The average Bonchev–Trinajstić information content (AvgIpc) is 3.07. The lowest BCUT2D eigenvalue weighted by molar-refractivity contribution is 0.158. The summed E-state index contributed by atoms with van der Waals surface area (Å²) < 4.78 is 5.24. The fraction of sp³-hybridized carbons (Fsp3) is 0.636. The van der Waals surface area contributed by atoms with Gasteiger partial charge in [-0.2, -0.15) is 0 Å². The van der Waals surface area contributed by atoms with Crippen LogP contribution in [-0.4, -0.2) is 29.7 Å². The van der Waals surface area contributed by atoms with Gasteiger partial charge in [0, 0.05) is 25.1 Å². The molecule has 0 aromatic carbocycles. The number of nitrogens with zero attached hydrogens (tertiary/aromatic N) is 2. The Morgan fingerprint density at radius 3 is 3.00 bits per heavy atom. The van der Waals surface area contributed by atoms with Crippen LogP contribution >= 0.6 is 11.6 Å². The Morgan fingerprint density at radius 1 is 1.50 bits per heavy atom. The second-order valence-corrected chi connectivity index (χ2v) is 4.22. The van der Waals surface area contributed by atoms with Crippen molar-refractivity contribution >= 4 is 17.4 Å². The van der Waals surface area contributed by atoms with E-state index in [1.165, 1.54) is 12.8 Å². The fourth-order valence-corrected chi connectivity index (χ4v) is 1.64. The summed E-state index contributed by atoms with van der Waals surface area (Å²) in [5.74, 6) is 2.18. The van der Waals surface area contributed by atoms with Crippen LogP contribution in [0, 0.1) is 0 Å². The third-order valence-corrected chi connectivity index (χ3v) is 2.60. The van der Waals surface area contributed by atoms with Crippen LogP contribution in [0.15, 0.2) is 6.07 Å². The summed E-state index contributed by atoms with van der Waals surface area (Å²) >= 11 is 5.94. The first-order chi connectivity index (χ1) is 7.79. The molecule has 1 aliphatic rings. The molecular weight excluding hydrogens is 226 g/mol.